The van der Waals surface area contributed by atoms with Crippen molar-refractivity contribution >= 4 is 10.8 Å². The molecule has 2 N–H and O–H groups in total. The smallest absolute Gasteiger partial charge is 0.0499 e. The van der Waals surface area contributed by atoms with Crippen molar-refractivity contribution in [2.45, 2.75) is 33.2 Å². The van der Waals surface area contributed by atoms with Gasteiger partial charge in [0.15, 0.2) is 0 Å². The number of hydrogen-bond acceptors (Lipinski definition) is 3. The second-order valence-corrected chi connectivity index (χ2v) is 5.48. The zero-order chi connectivity index (χ0) is 14.4. The molecule has 0 bridgehead atoms. The summed E-state index contributed by atoms with van der Waals surface area (Å²) in [4.78, 5) is 4.16. The molecular formula is C17H24N2O. The monoisotopic (exact) mass is 272 g/mol. The molecule has 3 heteroatoms. The van der Waals surface area contributed by atoms with Crippen LogP contribution >= 0.6 is 0 Å². The molecule has 0 spiro atoms. The van der Waals surface area contributed by atoms with Crippen LogP contribution in [0.1, 0.15) is 32.3 Å². The van der Waals surface area contributed by atoms with Crippen molar-refractivity contribution in [2.24, 2.45) is 5.41 Å². The van der Waals surface area contributed by atoms with E-state index >= 15 is 0 Å². The lowest BCUT2D eigenvalue weighted by Crippen LogP contribution is -2.36. The highest BCUT2D eigenvalue weighted by Crippen LogP contribution is 2.25. The topological polar surface area (TPSA) is 45.1 Å². The van der Waals surface area contributed by atoms with E-state index in [-0.39, 0.29) is 12.0 Å². The van der Waals surface area contributed by atoms with Gasteiger partial charge in [-0.15, -0.1) is 0 Å². The summed E-state index contributed by atoms with van der Waals surface area (Å²) >= 11 is 0. The molecule has 0 fully saturated rings. The van der Waals surface area contributed by atoms with E-state index in [1.807, 2.05) is 12.4 Å². The zero-order valence-electron chi connectivity index (χ0n) is 12.4. The molecule has 1 aromatic carbocycles. The molecule has 0 radical (unpaired) electrons. The van der Waals surface area contributed by atoms with E-state index in [0.717, 1.165) is 25.9 Å². The predicted octanol–water partition coefficient (Wildman–Crippen LogP) is 3.12. The van der Waals surface area contributed by atoms with Crippen LogP contribution in [0.15, 0.2) is 36.7 Å². The molecule has 0 amide bonds. The first-order valence-corrected chi connectivity index (χ1v) is 7.38. The Kier molecular flexibility index (Phi) is 5.10. The summed E-state index contributed by atoms with van der Waals surface area (Å²) in [6.45, 7) is 6.20. The summed E-state index contributed by atoms with van der Waals surface area (Å²) in [5.74, 6) is 0. The lowest BCUT2D eigenvalue weighted by Gasteiger charge is -2.29. The third-order valence-corrected chi connectivity index (χ3v) is 4.42. The third-order valence-electron chi connectivity index (χ3n) is 4.42. The summed E-state index contributed by atoms with van der Waals surface area (Å²) in [6, 6.07) is 8.36. The van der Waals surface area contributed by atoms with E-state index < -0.39 is 0 Å². The first-order chi connectivity index (χ1) is 9.74. The van der Waals surface area contributed by atoms with Gasteiger partial charge in [0.05, 0.1) is 0 Å². The summed E-state index contributed by atoms with van der Waals surface area (Å²) < 4.78 is 0. The van der Waals surface area contributed by atoms with Crippen molar-refractivity contribution in [3.8, 4) is 0 Å². The zero-order valence-corrected chi connectivity index (χ0v) is 12.4. The molecule has 2 aromatic rings. The van der Waals surface area contributed by atoms with Crippen molar-refractivity contribution in [1.29, 1.82) is 0 Å². The van der Waals surface area contributed by atoms with E-state index in [0.29, 0.717) is 0 Å². The maximum Gasteiger partial charge on any atom is 0.0499 e. The molecule has 0 atom stereocenters. The Labute approximate surface area is 121 Å². The van der Waals surface area contributed by atoms with E-state index in [1.54, 1.807) is 0 Å². The Hall–Kier alpha value is -1.45. The van der Waals surface area contributed by atoms with Gasteiger partial charge < -0.3 is 10.4 Å². The minimum atomic E-state index is 0.00609. The van der Waals surface area contributed by atoms with Gasteiger partial charge in [0.2, 0.25) is 0 Å². The van der Waals surface area contributed by atoms with Gasteiger partial charge in [0, 0.05) is 42.9 Å². The number of nitrogens with one attached hydrogen (secondary N) is 1. The van der Waals surface area contributed by atoms with Crippen molar-refractivity contribution in [3.63, 3.8) is 0 Å². The fraction of sp³-hybridized carbons (Fsp3) is 0.471. The Balaban J connectivity index is 2.06. The molecule has 108 valence electrons. The largest absolute Gasteiger partial charge is 0.396 e. The molecule has 0 saturated carbocycles. The molecule has 0 saturated heterocycles. The number of nitrogens with zero attached hydrogens (tertiary/aromatic N) is 1. The average Bonchev–Trinajstić information content (AvgIpc) is 2.52. The highest BCUT2D eigenvalue weighted by atomic mass is 16.3. The van der Waals surface area contributed by atoms with Crippen LogP contribution in [0, 0.1) is 5.41 Å². The lowest BCUT2D eigenvalue weighted by molar-refractivity contribution is 0.113. The first kappa shape index (κ1) is 14.9. The minimum absolute atomic E-state index is 0.00609. The van der Waals surface area contributed by atoms with Crippen molar-refractivity contribution in [3.05, 3.63) is 42.2 Å². The van der Waals surface area contributed by atoms with Crippen LogP contribution in [-0.4, -0.2) is 23.2 Å². The summed E-state index contributed by atoms with van der Waals surface area (Å²) in [5, 5.41) is 15.5. The highest BCUT2D eigenvalue weighted by molar-refractivity contribution is 5.84. The molecule has 3 nitrogen and oxygen atoms in total. The van der Waals surface area contributed by atoms with Crippen molar-refractivity contribution in [2.75, 3.05) is 13.2 Å². The summed E-state index contributed by atoms with van der Waals surface area (Å²) in [6.07, 6.45) is 5.72. The average molecular weight is 272 g/mol. The maximum atomic E-state index is 9.60. The Morgan fingerprint density at radius 1 is 1.20 bits per heavy atom. The molecule has 20 heavy (non-hydrogen) atoms. The van der Waals surface area contributed by atoms with E-state index in [2.05, 4.69) is 48.4 Å². The Bertz CT molecular complexity index is 536. The quantitative estimate of drug-likeness (QED) is 0.814. The molecule has 0 aliphatic rings. The predicted molar refractivity (Wildman–Crippen MR) is 83.6 cm³/mol. The van der Waals surface area contributed by atoms with Crippen LogP contribution in [-0.2, 0) is 6.54 Å². The van der Waals surface area contributed by atoms with Gasteiger partial charge in [0.1, 0.15) is 0 Å². The molecule has 2 rings (SSSR count). The standard InChI is InChI=1S/C17H24N2O/c1-3-17(4-2,13-20)12-19-11-15-7-5-6-14-10-18-9-8-16(14)15/h5-10,19-20H,3-4,11-13H2,1-2H3. The van der Waals surface area contributed by atoms with Gasteiger partial charge in [-0.3, -0.25) is 4.98 Å². The van der Waals surface area contributed by atoms with Crippen molar-refractivity contribution < 1.29 is 5.11 Å². The fourth-order valence-electron chi connectivity index (χ4n) is 2.59. The molecule has 1 heterocycles. The number of aliphatic hydroxyl groups is 1. The van der Waals surface area contributed by atoms with Gasteiger partial charge in [-0.2, -0.15) is 0 Å². The Morgan fingerprint density at radius 3 is 2.70 bits per heavy atom. The number of aliphatic hydroxyl groups excluding tert-OH is 1. The molecule has 0 aliphatic carbocycles. The summed E-state index contributed by atoms with van der Waals surface area (Å²) in [7, 11) is 0. The van der Waals surface area contributed by atoms with Gasteiger partial charge in [0.25, 0.3) is 0 Å². The number of fused-ring (bicyclic) bond motifs is 1. The fourth-order valence-corrected chi connectivity index (χ4v) is 2.59. The SMILES string of the molecule is CCC(CC)(CO)CNCc1cccc2cnccc12. The number of rotatable bonds is 7. The van der Waals surface area contributed by atoms with Crippen LogP contribution in [0.3, 0.4) is 0 Å². The van der Waals surface area contributed by atoms with E-state index in [4.69, 9.17) is 0 Å². The van der Waals surface area contributed by atoms with Crippen molar-refractivity contribution in [1.82, 2.24) is 10.3 Å². The third kappa shape index (κ3) is 3.17. The maximum absolute atomic E-state index is 9.60. The Morgan fingerprint density at radius 2 is 2.00 bits per heavy atom. The second kappa shape index (κ2) is 6.82. The molecule has 1 aromatic heterocycles. The molecule has 0 unspecified atom stereocenters. The number of benzene rings is 1. The van der Waals surface area contributed by atoms with E-state index in [9.17, 15) is 5.11 Å². The number of hydrogen-bond donors (Lipinski definition) is 2. The number of pyridine rings is 1. The van der Waals surface area contributed by atoms with Crippen LogP contribution in [0.5, 0.6) is 0 Å². The van der Waals surface area contributed by atoms with Crippen LogP contribution < -0.4 is 5.32 Å². The summed E-state index contributed by atoms with van der Waals surface area (Å²) in [5.41, 5.74) is 1.29. The van der Waals surface area contributed by atoms with Gasteiger partial charge in [-0.25, -0.2) is 0 Å². The van der Waals surface area contributed by atoms with E-state index in [1.165, 1.54) is 16.3 Å². The minimum Gasteiger partial charge on any atom is -0.396 e. The molecular weight excluding hydrogens is 248 g/mol. The lowest BCUT2D eigenvalue weighted by atomic mass is 9.83. The van der Waals surface area contributed by atoms with Crippen LogP contribution in [0.4, 0.5) is 0 Å². The molecule has 0 aliphatic heterocycles. The first-order valence-electron chi connectivity index (χ1n) is 7.38. The normalized spacial score (nSPS) is 11.9. The van der Waals surface area contributed by atoms with Gasteiger partial charge in [-0.05, 0) is 29.9 Å². The van der Waals surface area contributed by atoms with Crippen LogP contribution in [0.25, 0.3) is 10.8 Å². The van der Waals surface area contributed by atoms with Gasteiger partial charge in [-0.1, -0.05) is 32.0 Å². The highest BCUT2D eigenvalue weighted by Gasteiger charge is 2.24. The second-order valence-electron chi connectivity index (χ2n) is 5.48. The van der Waals surface area contributed by atoms with Crippen LogP contribution in [0.2, 0.25) is 0 Å². The van der Waals surface area contributed by atoms with Gasteiger partial charge >= 0.3 is 0 Å². The number of aromatic nitrogens is 1.